The van der Waals surface area contributed by atoms with E-state index in [2.05, 4.69) is 4.98 Å². The maximum atomic E-state index is 12.6. The molecule has 0 bridgehead atoms. The van der Waals surface area contributed by atoms with Crippen molar-refractivity contribution in [1.29, 1.82) is 0 Å². The molecule has 1 aromatic carbocycles. The Morgan fingerprint density at radius 3 is 2.90 bits per heavy atom. The van der Waals surface area contributed by atoms with Crippen LogP contribution in [0, 0.1) is 0 Å². The van der Waals surface area contributed by atoms with Gasteiger partial charge in [0.2, 0.25) is 0 Å². The second-order valence-electron chi connectivity index (χ2n) is 4.93. The number of nitrogens with two attached hydrogens (primary N) is 1. The summed E-state index contributed by atoms with van der Waals surface area (Å²) in [5.74, 6) is 0.717. The number of carbonyl (C=O) groups is 1. The van der Waals surface area contributed by atoms with Crippen LogP contribution in [-0.4, -0.2) is 22.3 Å². The lowest BCUT2D eigenvalue weighted by Gasteiger charge is -2.18. The molecule has 0 atom stereocenters. The topological polar surface area (TPSA) is 75.3 Å². The fraction of sp³-hybridized carbons (Fsp3) is 0.188. The summed E-state index contributed by atoms with van der Waals surface area (Å²) in [6.07, 6.45) is 1.61. The van der Waals surface area contributed by atoms with E-state index < -0.39 is 0 Å². The molecule has 0 saturated carbocycles. The first-order valence-corrected chi connectivity index (χ1v) is 6.87. The summed E-state index contributed by atoms with van der Waals surface area (Å²) in [6.45, 7) is 3.01. The van der Waals surface area contributed by atoms with Crippen molar-refractivity contribution in [2.75, 3.05) is 12.3 Å². The summed E-state index contributed by atoms with van der Waals surface area (Å²) in [5, 5.41) is 0.937. The van der Waals surface area contributed by atoms with Crippen molar-refractivity contribution in [2.45, 2.75) is 13.5 Å². The summed E-state index contributed by atoms with van der Waals surface area (Å²) in [6, 6.07) is 11.1. The van der Waals surface area contributed by atoms with Crippen molar-refractivity contribution in [1.82, 2.24) is 9.88 Å². The number of anilines is 1. The molecule has 0 aliphatic carbocycles. The number of furan rings is 1. The first-order valence-electron chi connectivity index (χ1n) is 6.87. The van der Waals surface area contributed by atoms with E-state index in [-0.39, 0.29) is 5.91 Å². The predicted octanol–water partition coefficient (Wildman–Crippen LogP) is 3.01. The van der Waals surface area contributed by atoms with E-state index >= 15 is 0 Å². The van der Waals surface area contributed by atoms with Crippen LogP contribution in [0.4, 0.5) is 5.69 Å². The number of amides is 1. The maximum absolute atomic E-state index is 12.6. The number of fused-ring (bicyclic) bond motifs is 1. The maximum Gasteiger partial charge on any atom is 0.270 e. The monoisotopic (exact) mass is 283 g/mol. The van der Waals surface area contributed by atoms with Crippen molar-refractivity contribution >= 4 is 22.5 Å². The molecule has 2 aromatic heterocycles. The Labute approximate surface area is 122 Å². The van der Waals surface area contributed by atoms with Gasteiger partial charge in [0.15, 0.2) is 0 Å². The second kappa shape index (κ2) is 5.36. The SMILES string of the molecule is CCN(Cc1ccco1)C(=O)c1cc2cc(N)ccc2[nH]1. The van der Waals surface area contributed by atoms with E-state index in [1.165, 1.54) is 0 Å². The van der Waals surface area contributed by atoms with E-state index in [0.29, 0.717) is 24.5 Å². The Bertz CT molecular complexity index is 759. The third kappa shape index (κ3) is 2.63. The molecule has 1 amide bonds. The first kappa shape index (κ1) is 13.3. The summed E-state index contributed by atoms with van der Waals surface area (Å²) < 4.78 is 5.31. The first-order chi connectivity index (χ1) is 10.2. The Hall–Kier alpha value is -2.69. The highest BCUT2D eigenvalue weighted by atomic mass is 16.3. The highest BCUT2D eigenvalue weighted by Gasteiger charge is 2.17. The molecule has 3 N–H and O–H groups in total. The van der Waals surface area contributed by atoms with Gasteiger partial charge in [-0.15, -0.1) is 0 Å². The average Bonchev–Trinajstić information content (AvgIpc) is 3.12. The lowest BCUT2D eigenvalue weighted by atomic mass is 10.2. The van der Waals surface area contributed by atoms with Crippen molar-refractivity contribution in [3.8, 4) is 0 Å². The molecule has 5 heteroatoms. The Balaban J connectivity index is 1.87. The fourth-order valence-corrected chi connectivity index (χ4v) is 2.35. The minimum Gasteiger partial charge on any atom is -0.467 e. The molecule has 108 valence electrons. The molecular formula is C16H17N3O2. The summed E-state index contributed by atoms with van der Waals surface area (Å²) in [4.78, 5) is 17.4. The minimum atomic E-state index is -0.0522. The zero-order valence-electron chi connectivity index (χ0n) is 11.8. The molecule has 3 aromatic rings. The second-order valence-corrected chi connectivity index (χ2v) is 4.93. The number of nitrogens with one attached hydrogen (secondary N) is 1. The fourth-order valence-electron chi connectivity index (χ4n) is 2.35. The van der Waals surface area contributed by atoms with Gasteiger partial charge in [0, 0.05) is 23.1 Å². The zero-order chi connectivity index (χ0) is 14.8. The van der Waals surface area contributed by atoms with Crippen molar-refractivity contribution in [2.24, 2.45) is 0 Å². The molecule has 0 fully saturated rings. The van der Waals surface area contributed by atoms with Crippen LogP contribution >= 0.6 is 0 Å². The Morgan fingerprint density at radius 1 is 1.33 bits per heavy atom. The van der Waals surface area contributed by atoms with Gasteiger partial charge in [-0.2, -0.15) is 0 Å². The smallest absolute Gasteiger partial charge is 0.270 e. The van der Waals surface area contributed by atoms with Crippen molar-refractivity contribution in [3.05, 3.63) is 54.1 Å². The number of hydrogen-bond acceptors (Lipinski definition) is 3. The van der Waals surface area contributed by atoms with Crippen LogP contribution < -0.4 is 5.73 Å². The number of nitrogens with zero attached hydrogens (tertiary/aromatic N) is 1. The lowest BCUT2D eigenvalue weighted by Crippen LogP contribution is -2.30. The third-order valence-corrected chi connectivity index (χ3v) is 3.47. The predicted molar refractivity (Wildman–Crippen MR) is 81.8 cm³/mol. The molecule has 0 radical (unpaired) electrons. The van der Waals surface area contributed by atoms with E-state index in [4.69, 9.17) is 10.2 Å². The van der Waals surface area contributed by atoms with Gasteiger partial charge >= 0.3 is 0 Å². The highest BCUT2D eigenvalue weighted by molar-refractivity contribution is 5.98. The zero-order valence-corrected chi connectivity index (χ0v) is 11.8. The normalized spacial score (nSPS) is 10.9. The quantitative estimate of drug-likeness (QED) is 0.723. The van der Waals surface area contributed by atoms with Gasteiger partial charge in [0.25, 0.3) is 5.91 Å². The van der Waals surface area contributed by atoms with Crippen LogP contribution in [0.1, 0.15) is 23.2 Å². The number of benzene rings is 1. The number of rotatable bonds is 4. The van der Waals surface area contributed by atoms with Gasteiger partial charge in [-0.1, -0.05) is 0 Å². The largest absolute Gasteiger partial charge is 0.467 e. The molecule has 21 heavy (non-hydrogen) atoms. The molecule has 0 aliphatic heterocycles. The summed E-state index contributed by atoms with van der Waals surface area (Å²) >= 11 is 0. The van der Waals surface area contributed by atoms with Crippen LogP contribution in [0.5, 0.6) is 0 Å². The van der Waals surface area contributed by atoms with E-state index in [1.807, 2.05) is 43.3 Å². The van der Waals surface area contributed by atoms with Gasteiger partial charge in [0.1, 0.15) is 11.5 Å². The Morgan fingerprint density at radius 2 is 2.19 bits per heavy atom. The van der Waals surface area contributed by atoms with Crippen molar-refractivity contribution < 1.29 is 9.21 Å². The van der Waals surface area contributed by atoms with E-state index in [0.717, 1.165) is 16.7 Å². The van der Waals surface area contributed by atoms with Gasteiger partial charge < -0.3 is 20.0 Å². The third-order valence-electron chi connectivity index (χ3n) is 3.47. The van der Waals surface area contributed by atoms with Crippen LogP contribution in [0.25, 0.3) is 10.9 Å². The summed E-state index contributed by atoms with van der Waals surface area (Å²) in [7, 11) is 0. The van der Waals surface area contributed by atoms with Crippen molar-refractivity contribution in [3.63, 3.8) is 0 Å². The molecular weight excluding hydrogens is 266 g/mol. The molecule has 0 spiro atoms. The van der Waals surface area contributed by atoms with Gasteiger partial charge in [-0.05, 0) is 43.3 Å². The van der Waals surface area contributed by atoms with Crippen LogP contribution in [0.2, 0.25) is 0 Å². The number of nitrogen functional groups attached to an aromatic ring is 1. The molecule has 0 unspecified atom stereocenters. The van der Waals surface area contributed by atoms with Crippen LogP contribution in [0.3, 0.4) is 0 Å². The standard InChI is InChI=1S/C16H17N3O2/c1-2-19(10-13-4-3-7-21-13)16(20)15-9-11-8-12(17)5-6-14(11)18-15/h3-9,18H,2,10,17H2,1H3. The van der Waals surface area contributed by atoms with Crippen LogP contribution in [0.15, 0.2) is 47.1 Å². The summed E-state index contributed by atoms with van der Waals surface area (Å²) in [5.41, 5.74) is 7.91. The van der Waals surface area contributed by atoms with E-state index in [9.17, 15) is 4.79 Å². The average molecular weight is 283 g/mol. The highest BCUT2D eigenvalue weighted by Crippen LogP contribution is 2.20. The number of hydrogen-bond donors (Lipinski definition) is 2. The number of aromatic nitrogens is 1. The van der Waals surface area contributed by atoms with E-state index in [1.54, 1.807) is 11.2 Å². The molecule has 0 aliphatic rings. The Kier molecular flexibility index (Phi) is 3.39. The minimum absolute atomic E-state index is 0.0522. The van der Waals surface area contributed by atoms with Gasteiger partial charge in [-0.3, -0.25) is 4.79 Å². The molecule has 5 nitrogen and oxygen atoms in total. The van der Waals surface area contributed by atoms with Crippen LogP contribution in [-0.2, 0) is 6.54 Å². The number of aromatic amines is 1. The lowest BCUT2D eigenvalue weighted by molar-refractivity contribution is 0.0736. The van der Waals surface area contributed by atoms with Gasteiger partial charge in [-0.25, -0.2) is 0 Å². The molecule has 3 rings (SSSR count). The number of carbonyl (C=O) groups excluding carboxylic acids is 1. The molecule has 0 saturated heterocycles. The number of H-pyrrole nitrogens is 1. The van der Waals surface area contributed by atoms with Gasteiger partial charge in [0.05, 0.1) is 12.8 Å². The molecule has 2 heterocycles.